The SMILES string of the molecule is CC[C@H](C)[C@H](NC(=O)[C@@H](NC(=O)C1(c2ccccc2)CCN(C(=O)OC(C)(C)C)CC1)[C@@H](C)CC)C(=O)O. The number of carbonyl (C=O) groups is 4. The predicted octanol–water partition coefficient (Wildman–Crippen LogP) is 4.10. The number of hydrogen-bond acceptors (Lipinski definition) is 5. The van der Waals surface area contributed by atoms with Crippen molar-refractivity contribution in [2.24, 2.45) is 11.8 Å². The summed E-state index contributed by atoms with van der Waals surface area (Å²) >= 11 is 0. The molecule has 9 nitrogen and oxygen atoms in total. The predicted molar refractivity (Wildman–Crippen MR) is 146 cm³/mol. The number of benzene rings is 1. The Kier molecular flexibility index (Phi) is 10.7. The number of rotatable bonds is 10. The molecular weight excluding hydrogens is 486 g/mol. The smallest absolute Gasteiger partial charge is 0.410 e. The first-order valence-corrected chi connectivity index (χ1v) is 13.6. The van der Waals surface area contributed by atoms with Crippen molar-refractivity contribution in [2.45, 2.75) is 97.2 Å². The number of aliphatic carboxylic acids is 1. The van der Waals surface area contributed by atoms with E-state index in [0.29, 0.717) is 38.8 Å². The van der Waals surface area contributed by atoms with Crippen LogP contribution >= 0.6 is 0 Å². The van der Waals surface area contributed by atoms with Gasteiger partial charge in [0, 0.05) is 13.1 Å². The van der Waals surface area contributed by atoms with Crippen molar-refractivity contribution in [1.82, 2.24) is 15.5 Å². The van der Waals surface area contributed by atoms with Crippen LogP contribution in [-0.2, 0) is 24.5 Å². The summed E-state index contributed by atoms with van der Waals surface area (Å²) in [6.07, 6.45) is 1.51. The lowest BCUT2D eigenvalue weighted by Crippen LogP contribution is -2.60. The van der Waals surface area contributed by atoms with Crippen molar-refractivity contribution in [2.75, 3.05) is 13.1 Å². The Labute approximate surface area is 226 Å². The van der Waals surface area contributed by atoms with Crippen molar-refractivity contribution < 1.29 is 29.0 Å². The Morgan fingerprint density at radius 2 is 1.47 bits per heavy atom. The van der Waals surface area contributed by atoms with E-state index in [4.69, 9.17) is 4.74 Å². The quantitative estimate of drug-likeness (QED) is 0.417. The lowest BCUT2D eigenvalue weighted by Gasteiger charge is -2.42. The number of ether oxygens (including phenoxy) is 1. The number of amides is 3. The summed E-state index contributed by atoms with van der Waals surface area (Å²) in [7, 11) is 0. The van der Waals surface area contributed by atoms with Gasteiger partial charge in [-0.1, -0.05) is 70.9 Å². The van der Waals surface area contributed by atoms with E-state index in [9.17, 15) is 24.3 Å². The van der Waals surface area contributed by atoms with E-state index in [1.165, 1.54) is 0 Å². The molecule has 9 heteroatoms. The third kappa shape index (κ3) is 7.71. The number of nitrogens with one attached hydrogen (secondary N) is 2. The molecule has 4 atom stereocenters. The van der Waals surface area contributed by atoms with E-state index in [1.54, 1.807) is 11.8 Å². The lowest BCUT2D eigenvalue weighted by atomic mass is 9.71. The fraction of sp³-hybridized carbons (Fsp3) is 0.655. The summed E-state index contributed by atoms with van der Waals surface area (Å²) in [6.45, 7) is 13.5. The molecule has 1 aliphatic rings. The van der Waals surface area contributed by atoms with Crippen molar-refractivity contribution in [3.8, 4) is 0 Å². The van der Waals surface area contributed by atoms with Gasteiger partial charge in [0.05, 0.1) is 5.41 Å². The van der Waals surface area contributed by atoms with E-state index in [1.807, 2.05) is 71.9 Å². The van der Waals surface area contributed by atoms with Crippen molar-refractivity contribution in [3.63, 3.8) is 0 Å². The highest BCUT2D eigenvalue weighted by atomic mass is 16.6. The first-order valence-electron chi connectivity index (χ1n) is 13.6. The number of likely N-dealkylation sites (tertiary alicyclic amines) is 1. The van der Waals surface area contributed by atoms with Gasteiger partial charge in [0.15, 0.2) is 0 Å². The normalized spacial score (nSPS) is 18.4. The third-order valence-electron chi connectivity index (χ3n) is 7.59. The molecule has 38 heavy (non-hydrogen) atoms. The van der Waals surface area contributed by atoms with E-state index >= 15 is 0 Å². The third-order valence-corrected chi connectivity index (χ3v) is 7.59. The Bertz CT molecular complexity index is 966. The van der Waals surface area contributed by atoms with Crippen molar-refractivity contribution >= 4 is 23.9 Å². The van der Waals surface area contributed by atoms with Gasteiger partial charge >= 0.3 is 12.1 Å². The fourth-order valence-corrected chi connectivity index (χ4v) is 4.71. The van der Waals surface area contributed by atoms with Gasteiger partial charge in [-0.25, -0.2) is 9.59 Å². The molecule has 1 heterocycles. The summed E-state index contributed by atoms with van der Waals surface area (Å²) in [5, 5.41) is 15.3. The highest BCUT2D eigenvalue weighted by Gasteiger charge is 2.46. The molecule has 0 spiro atoms. The van der Waals surface area contributed by atoms with Crippen LogP contribution in [0.2, 0.25) is 0 Å². The van der Waals surface area contributed by atoms with Gasteiger partial charge in [-0.2, -0.15) is 0 Å². The van der Waals surface area contributed by atoms with Crippen LogP contribution in [0.5, 0.6) is 0 Å². The molecule has 0 aromatic heterocycles. The van der Waals surface area contributed by atoms with E-state index in [0.717, 1.165) is 5.56 Å². The molecule has 1 fully saturated rings. The van der Waals surface area contributed by atoms with Crippen LogP contribution in [0.1, 0.15) is 79.7 Å². The zero-order valence-corrected chi connectivity index (χ0v) is 23.9. The summed E-state index contributed by atoms with van der Waals surface area (Å²) in [6, 6.07) is 7.45. The summed E-state index contributed by atoms with van der Waals surface area (Å²) < 4.78 is 5.52. The highest BCUT2D eigenvalue weighted by molar-refractivity contribution is 5.94. The van der Waals surface area contributed by atoms with Crippen LogP contribution in [0.3, 0.4) is 0 Å². The minimum absolute atomic E-state index is 0.222. The number of hydrogen-bond donors (Lipinski definition) is 3. The highest BCUT2D eigenvalue weighted by Crippen LogP contribution is 2.37. The average molecular weight is 532 g/mol. The molecular formula is C29H45N3O6. The molecule has 3 N–H and O–H groups in total. The number of piperidine rings is 1. The molecule has 0 unspecified atom stereocenters. The number of nitrogens with zero attached hydrogens (tertiary/aromatic N) is 1. The topological polar surface area (TPSA) is 125 Å². The molecule has 212 valence electrons. The van der Waals surface area contributed by atoms with Gasteiger partial charge in [-0.3, -0.25) is 9.59 Å². The Morgan fingerprint density at radius 3 is 1.95 bits per heavy atom. The maximum Gasteiger partial charge on any atom is 0.410 e. The molecule has 0 radical (unpaired) electrons. The molecule has 2 rings (SSSR count). The molecule has 1 aromatic carbocycles. The van der Waals surface area contributed by atoms with E-state index < -0.39 is 41.1 Å². The largest absolute Gasteiger partial charge is 0.480 e. The van der Waals surface area contributed by atoms with Gasteiger partial charge in [-0.15, -0.1) is 0 Å². The zero-order valence-electron chi connectivity index (χ0n) is 23.9. The van der Waals surface area contributed by atoms with Gasteiger partial charge in [-0.05, 0) is 51.0 Å². The van der Waals surface area contributed by atoms with Gasteiger partial charge in [0.25, 0.3) is 0 Å². The van der Waals surface area contributed by atoms with Gasteiger partial charge < -0.3 is 25.4 Å². The van der Waals surface area contributed by atoms with Crippen LogP contribution in [0.4, 0.5) is 4.79 Å². The maximum absolute atomic E-state index is 14.0. The monoisotopic (exact) mass is 531 g/mol. The first kappa shape index (κ1) is 31.1. The average Bonchev–Trinajstić information content (AvgIpc) is 2.88. The summed E-state index contributed by atoms with van der Waals surface area (Å²) in [4.78, 5) is 53.5. The summed E-state index contributed by atoms with van der Waals surface area (Å²) in [5.74, 6) is -2.40. The van der Waals surface area contributed by atoms with Crippen LogP contribution in [0.25, 0.3) is 0 Å². The van der Waals surface area contributed by atoms with Gasteiger partial charge in [0.2, 0.25) is 11.8 Å². The van der Waals surface area contributed by atoms with Crippen molar-refractivity contribution in [1.29, 1.82) is 0 Å². The van der Waals surface area contributed by atoms with Gasteiger partial charge in [0.1, 0.15) is 17.7 Å². The second kappa shape index (κ2) is 13.1. The second-order valence-electron chi connectivity index (χ2n) is 11.5. The first-order chi connectivity index (χ1) is 17.8. The van der Waals surface area contributed by atoms with E-state index in [2.05, 4.69) is 10.6 Å². The van der Waals surface area contributed by atoms with Crippen LogP contribution in [0.15, 0.2) is 30.3 Å². The van der Waals surface area contributed by atoms with Crippen LogP contribution in [-0.4, -0.2) is 64.7 Å². The Balaban J connectivity index is 2.32. The fourth-order valence-electron chi connectivity index (χ4n) is 4.71. The van der Waals surface area contributed by atoms with Crippen molar-refractivity contribution in [3.05, 3.63) is 35.9 Å². The minimum atomic E-state index is -1.10. The molecule has 1 saturated heterocycles. The van der Waals surface area contributed by atoms with Crippen LogP contribution < -0.4 is 10.6 Å². The number of carbonyl (C=O) groups excluding carboxylic acids is 3. The molecule has 1 aliphatic heterocycles. The lowest BCUT2D eigenvalue weighted by molar-refractivity contribution is -0.144. The minimum Gasteiger partial charge on any atom is -0.480 e. The zero-order chi connectivity index (χ0) is 28.7. The Hall–Kier alpha value is -3.10. The standard InChI is InChI=1S/C29H45N3O6/c1-8-19(3)22(24(33)30-23(25(34)35)20(4)9-2)31-26(36)29(21-13-11-10-12-14-21)15-17-32(18-16-29)27(37)38-28(5,6)7/h10-14,19-20,22-23H,8-9,15-18H2,1-7H3,(H,30,33)(H,31,36)(H,34,35)/t19-,20-,22-,23-/m0/s1. The molecule has 1 aromatic rings. The number of carboxylic acids is 1. The van der Waals surface area contributed by atoms with Crippen LogP contribution in [0, 0.1) is 11.8 Å². The molecule has 0 bridgehead atoms. The Morgan fingerprint density at radius 1 is 0.947 bits per heavy atom. The number of carboxylic acid groups (broad SMARTS) is 1. The summed E-state index contributed by atoms with van der Waals surface area (Å²) in [5.41, 5.74) is -0.760. The molecule has 3 amide bonds. The maximum atomic E-state index is 14.0. The van der Waals surface area contributed by atoms with E-state index in [-0.39, 0.29) is 17.7 Å². The second-order valence-corrected chi connectivity index (χ2v) is 11.5. The molecule has 0 aliphatic carbocycles. The molecule has 0 saturated carbocycles.